The molecule has 2 N–H and O–H groups in total. The summed E-state index contributed by atoms with van der Waals surface area (Å²) in [4.78, 5) is 0. The molecule has 0 saturated heterocycles. The molecule has 0 fully saturated rings. The Morgan fingerprint density at radius 1 is 1.06 bits per heavy atom. The van der Waals surface area contributed by atoms with Gasteiger partial charge in [0.05, 0.1) is 0 Å². The average Bonchev–Trinajstić information content (AvgIpc) is 2.25. The third-order valence-corrected chi connectivity index (χ3v) is 2.86. The molecule has 82 valence electrons. The standard InChI is InChI=1S/C14H14ClN/c1-10-2-5-12(14(16)8-10)9-11-3-6-13(15)7-4-11/h2-8H,9,16H2,1H3. The second kappa shape index (κ2) is 4.58. The summed E-state index contributed by atoms with van der Waals surface area (Å²) < 4.78 is 0. The first-order chi connectivity index (χ1) is 7.65. The maximum absolute atomic E-state index is 5.97. The molecule has 0 aliphatic carbocycles. The summed E-state index contributed by atoms with van der Waals surface area (Å²) in [6, 6.07) is 14.0. The molecular weight excluding hydrogens is 218 g/mol. The molecule has 0 bridgehead atoms. The van der Waals surface area contributed by atoms with E-state index < -0.39 is 0 Å². The Kier molecular flexibility index (Phi) is 3.16. The maximum Gasteiger partial charge on any atom is 0.0406 e. The highest BCUT2D eigenvalue weighted by molar-refractivity contribution is 6.30. The van der Waals surface area contributed by atoms with Crippen LogP contribution in [-0.2, 0) is 6.42 Å². The summed E-state index contributed by atoms with van der Waals surface area (Å²) in [6.07, 6.45) is 0.850. The molecule has 2 aromatic rings. The summed E-state index contributed by atoms with van der Waals surface area (Å²) in [5.41, 5.74) is 10.4. The number of benzene rings is 2. The van der Waals surface area contributed by atoms with Crippen molar-refractivity contribution in [1.29, 1.82) is 0 Å². The molecule has 0 aliphatic rings. The van der Waals surface area contributed by atoms with Crippen LogP contribution in [0.2, 0.25) is 5.02 Å². The SMILES string of the molecule is Cc1ccc(Cc2ccc(Cl)cc2)c(N)c1. The predicted octanol–water partition coefficient (Wildman–Crippen LogP) is 3.82. The molecule has 0 atom stereocenters. The third kappa shape index (κ3) is 2.56. The van der Waals surface area contributed by atoms with Gasteiger partial charge in [-0.3, -0.25) is 0 Å². The van der Waals surface area contributed by atoms with Gasteiger partial charge in [0.15, 0.2) is 0 Å². The van der Waals surface area contributed by atoms with E-state index in [1.165, 1.54) is 11.1 Å². The summed E-state index contributed by atoms with van der Waals surface area (Å²) in [5.74, 6) is 0. The van der Waals surface area contributed by atoms with Gasteiger partial charge in [-0.25, -0.2) is 0 Å². The van der Waals surface area contributed by atoms with E-state index in [4.69, 9.17) is 17.3 Å². The van der Waals surface area contributed by atoms with Crippen molar-refractivity contribution in [2.45, 2.75) is 13.3 Å². The van der Waals surface area contributed by atoms with E-state index in [1.54, 1.807) is 0 Å². The minimum absolute atomic E-state index is 0.764. The Bertz CT molecular complexity index is 489. The Morgan fingerprint density at radius 2 is 1.75 bits per heavy atom. The van der Waals surface area contributed by atoms with E-state index in [9.17, 15) is 0 Å². The van der Waals surface area contributed by atoms with Gasteiger partial charge in [0.25, 0.3) is 0 Å². The molecule has 0 aromatic heterocycles. The van der Waals surface area contributed by atoms with Crippen LogP contribution in [0.25, 0.3) is 0 Å². The summed E-state index contributed by atoms with van der Waals surface area (Å²) in [7, 11) is 0. The van der Waals surface area contributed by atoms with Crippen molar-refractivity contribution in [1.82, 2.24) is 0 Å². The minimum Gasteiger partial charge on any atom is -0.398 e. The van der Waals surface area contributed by atoms with Crippen molar-refractivity contribution in [2.24, 2.45) is 0 Å². The number of hydrogen-bond acceptors (Lipinski definition) is 1. The van der Waals surface area contributed by atoms with Crippen LogP contribution in [0.1, 0.15) is 16.7 Å². The van der Waals surface area contributed by atoms with Gasteiger partial charge in [0.2, 0.25) is 0 Å². The molecule has 2 heteroatoms. The lowest BCUT2D eigenvalue weighted by molar-refractivity contribution is 1.19. The number of anilines is 1. The molecule has 1 nitrogen and oxygen atoms in total. The second-order valence-corrected chi connectivity index (χ2v) is 4.44. The van der Waals surface area contributed by atoms with Crippen molar-refractivity contribution in [3.05, 3.63) is 64.2 Å². The number of nitrogen functional groups attached to an aromatic ring is 1. The highest BCUT2D eigenvalue weighted by Gasteiger charge is 2.01. The largest absolute Gasteiger partial charge is 0.398 e. The Morgan fingerprint density at radius 3 is 2.38 bits per heavy atom. The van der Waals surface area contributed by atoms with Crippen LogP contribution in [0.15, 0.2) is 42.5 Å². The number of hydrogen-bond donors (Lipinski definition) is 1. The van der Waals surface area contributed by atoms with Gasteiger partial charge in [-0.15, -0.1) is 0 Å². The molecular formula is C14H14ClN. The number of halogens is 1. The van der Waals surface area contributed by atoms with E-state index in [1.807, 2.05) is 37.3 Å². The van der Waals surface area contributed by atoms with Gasteiger partial charge in [-0.1, -0.05) is 35.9 Å². The van der Waals surface area contributed by atoms with Crippen LogP contribution in [0.3, 0.4) is 0 Å². The Hall–Kier alpha value is -1.47. The first kappa shape index (κ1) is 11.0. The molecule has 2 aromatic carbocycles. The van der Waals surface area contributed by atoms with E-state index in [2.05, 4.69) is 12.1 Å². The summed E-state index contributed by atoms with van der Waals surface area (Å²) >= 11 is 5.84. The zero-order valence-corrected chi connectivity index (χ0v) is 9.96. The van der Waals surface area contributed by atoms with Crippen molar-refractivity contribution >= 4 is 17.3 Å². The molecule has 0 saturated carbocycles. The van der Waals surface area contributed by atoms with Crippen molar-refractivity contribution in [3.63, 3.8) is 0 Å². The number of nitrogens with two attached hydrogens (primary N) is 1. The van der Waals surface area contributed by atoms with E-state index in [0.29, 0.717) is 0 Å². The average molecular weight is 232 g/mol. The molecule has 16 heavy (non-hydrogen) atoms. The number of rotatable bonds is 2. The first-order valence-corrected chi connectivity index (χ1v) is 5.62. The molecule has 0 radical (unpaired) electrons. The first-order valence-electron chi connectivity index (χ1n) is 5.24. The van der Waals surface area contributed by atoms with Gasteiger partial charge in [0.1, 0.15) is 0 Å². The van der Waals surface area contributed by atoms with Crippen LogP contribution in [0, 0.1) is 6.92 Å². The zero-order valence-electron chi connectivity index (χ0n) is 9.20. The van der Waals surface area contributed by atoms with Crippen LogP contribution in [0.4, 0.5) is 5.69 Å². The lowest BCUT2D eigenvalue weighted by atomic mass is 10.0. The van der Waals surface area contributed by atoms with Gasteiger partial charge in [0, 0.05) is 10.7 Å². The summed E-state index contributed by atoms with van der Waals surface area (Å²) in [5, 5.41) is 0.764. The fraction of sp³-hybridized carbons (Fsp3) is 0.143. The molecule has 0 unspecified atom stereocenters. The third-order valence-electron chi connectivity index (χ3n) is 2.61. The molecule has 0 aliphatic heterocycles. The normalized spacial score (nSPS) is 10.4. The lowest BCUT2D eigenvalue weighted by Gasteiger charge is -2.06. The predicted molar refractivity (Wildman–Crippen MR) is 69.8 cm³/mol. The minimum atomic E-state index is 0.764. The maximum atomic E-state index is 5.97. The Labute approximate surface area is 101 Å². The zero-order chi connectivity index (χ0) is 11.5. The summed E-state index contributed by atoms with van der Waals surface area (Å²) in [6.45, 7) is 2.04. The molecule has 0 amide bonds. The van der Waals surface area contributed by atoms with Crippen molar-refractivity contribution in [2.75, 3.05) is 5.73 Å². The quantitative estimate of drug-likeness (QED) is 0.782. The Balaban J connectivity index is 2.23. The van der Waals surface area contributed by atoms with E-state index in [-0.39, 0.29) is 0 Å². The fourth-order valence-electron chi connectivity index (χ4n) is 1.70. The smallest absolute Gasteiger partial charge is 0.0406 e. The van der Waals surface area contributed by atoms with E-state index in [0.717, 1.165) is 22.7 Å². The molecule has 2 rings (SSSR count). The number of aryl methyl sites for hydroxylation is 1. The highest BCUT2D eigenvalue weighted by atomic mass is 35.5. The lowest BCUT2D eigenvalue weighted by Crippen LogP contribution is -1.96. The molecule has 0 spiro atoms. The fourth-order valence-corrected chi connectivity index (χ4v) is 1.82. The van der Waals surface area contributed by atoms with Gasteiger partial charge in [-0.2, -0.15) is 0 Å². The van der Waals surface area contributed by atoms with Crippen LogP contribution in [0.5, 0.6) is 0 Å². The van der Waals surface area contributed by atoms with Crippen LogP contribution >= 0.6 is 11.6 Å². The highest BCUT2D eigenvalue weighted by Crippen LogP contribution is 2.19. The van der Waals surface area contributed by atoms with Crippen LogP contribution in [-0.4, -0.2) is 0 Å². The topological polar surface area (TPSA) is 26.0 Å². The van der Waals surface area contributed by atoms with Crippen molar-refractivity contribution < 1.29 is 0 Å². The second-order valence-electron chi connectivity index (χ2n) is 4.01. The monoisotopic (exact) mass is 231 g/mol. The van der Waals surface area contributed by atoms with Gasteiger partial charge < -0.3 is 5.73 Å². The van der Waals surface area contributed by atoms with Crippen LogP contribution < -0.4 is 5.73 Å². The van der Waals surface area contributed by atoms with Gasteiger partial charge >= 0.3 is 0 Å². The van der Waals surface area contributed by atoms with Gasteiger partial charge in [-0.05, 0) is 48.2 Å². The molecule has 0 heterocycles. The van der Waals surface area contributed by atoms with Crippen molar-refractivity contribution in [3.8, 4) is 0 Å². The van der Waals surface area contributed by atoms with E-state index >= 15 is 0 Å².